The molecule has 1 atom stereocenters. The Morgan fingerprint density at radius 3 is 1.56 bits per heavy atom. The van der Waals surface area contributed by atoms with Crippen LogP contribution in [0.3, 0.4) is 0 Å². The number of ether oxygens (including phenoxy) is 1. The van der Waals surface area contributed by atoms with Gasteiger partial charge in [-0.25, -0.2) is 0 Å². The van der Waals surface area contributed by atoms with Gasteiger partial charge >= 0.3 is 0 Å². The molecule has 0 fully saturated rings. The molecule has 2 aliphatic rings. The van der Waals surface area contributed by atoms with Crippen LogP contribution >= 0.6 is 0 Å². The normalized spacial score (nSPS) is 14.8. The van der Waals surface area contributed by atoms with E-state index in [1.54, 1.807) is 0 Å². The standard InChI is InChI=1S/C61H38N2O/c1-2-15-39(16-3-1)40-17-14-18-43(35-40)62-57-27-12-7-22-48(57)50-37-42(30-34-58(50)62)41-29-32-52-49(36-41)45-19-4-8-23-51(45)61(52)53-24-9-13-28-59(53)64-60-38-44(31-33-54(60)61)63-55-25-10-5-20-46(55)47-21-6-11-26-56(47)63/h1-38H. The highest BCUT2D eigenvalue weighted by atomic mass is 16.5. The quantitative estimate of drug-likeness (QED) is 0.173. The second-order valence-electron chi connectivity index (χ2n) is 17.2. The van der Waals surface area contributed by atoms with Crippen LogP contribution in [0.25, 0.3) is 88.4 Å². The average Bonchev–Trinajstić information content (AvgIpc) is 3.98. The SMILES string of the molecule is c1ccc(-c2cccc(-n3c4ccccc4c4cc(-c5ccc6c(c5)-c5ccccc5C65c6ccccc6Oc6cc(-n7c8ccccc8c8ccccc87)ccc65)ccc43)c2)cc1. The highest BCUT2D eigenvalue weighted by Gasteiger charge is 2.51. The van der Waals surface area contributed by atoms with Crippen molar-refractivity contribution in [1.29, 1.82) is 0 Å². The van der Waals surface area contributed by atoms with Gasteiger partial charge in [0.05, 0.1) is 27.5 Å². The molecule has 0 saturated heterocycles. The smallest absolute Gasteiger partial charge is 0.134 e. The summed E-state index contributed by atoms with van der Waals surface area (Å²) in [4.78, 5) is 0. The van der Waals surface area contributed by atoms with Gasteiger partial charge in [0.15, 0.2) is 0 Å². The Morgan fingerprint density at radius 1 is 0.281 bits per heavy atom. The first kappa shape index (κ1) is 35.2. The molecule has 0 radical (unpaired) electrons. The third-order valence-electron chi connectivity index (χ3n) is 14.0. The van der Waals surface area contributed by atoms with Crippen LogP contribution in [0.4, 0.5) is 0 Å². The maximum absolute atomic E-state index is 6.97. The van der Waals surface area contributed by atoms with E-state index in [4.69, 9.17) is 4.74 Å². The van der Waals surface area contributed by atoms with Gasteiger partial charge in [-0.1, -0.05) is 164 Å². The fourth-order valence-corrected chi connectivity index (χ4v) is 11.3. The molecule has 12 aromatic rings. The van der Waals surface area contributed by atoms with Crippen LogP contribution in [0.1, 0.15) is 22.3 Å². The minimum absolute atomic E-state index is 0.570. The first-order valence-electron chi connectivity index (χ1n) is 22.1. The number of hydrogen-bond donors (Lipinski definition) is 0. The molecule has 3 nitrogen and oxygen atoms in total. The second-order valence-corrected chi connectivity index (χ2v) is 17.2. The molecule has 0 saturated carbocycles. The van der Waals surface area contributed by atoms with Gasteiger partial charge in [0.2, 0.25) is 0 Å². The summed E-state index contributed by atoms with van der Waals surface area (Å²) in [6.07, 6.45) is 0. The van der Waals surface area contributed by atoms with Crippen LogP contribution in [-0.2, 0) is 5.41 Å². The summed E-state index contributed by atoms with van der Waals surface area (Å²) < 4.78 is 11.8. The van der Waals surface area contributed by atoms with Crippen LogP contribution in [0, 0.1) is 0 Å². The number of benzene rings is 10. The van der Waals surface area contributed by atoms with E-state index in [-0.39, 0.29) is 0 Å². The molecule has 1 unspecified atom stereocenters. The molecule has 2 aromatic heterocycles. The van der Waals surface area contributed by atoms with Gasteiger partial charge in [-0.15, -0.1) is 0 Å². The van der Waals surface area contributed by atoms with Crippen molar-refractivity contribution >= 4 is 43.6 Å². The lowest BCUT2D eigenvalue weighted by molar-refractivity contribution is 0.436. The fraction of sp³-hybridized carbons (Fsp3) is 0.0164. The molecule has 3 heterocycles. The summed E-state index contributed by atoms with van der Waals surface area (Å²) in [7, 11) is 0. The number of aromatic nitrogens is 2. The third-order valence-corrected chi connectivity index (χ3v) is 14.0. The van der Waals surface area contributed by atoms with Crippen molar-refractivity contribution in [1.82, 2.24) is 9.13 Å². The molecule has 1 spiro atoms. The van der Waals surface area contributed by atoms with E-state index in [0.717, 1.165) is 34.0 Å². The summed E-state index contributed by atoms with van der Waals surface area (Å²) in [5.74, 6) is 1.76. The lowest BCUT2D eigenvalue weighted by Crippen LogP contribution is -2.32. The topological polar surface area (TPSA) is 19.1 Å². The summed E-state index contributed by atoms with van der Waals surface area (Å²) in [5.41, 5.74) is 18.6. The Morgan fingerprint density at radius 2 is 0.797 bits per heavy atom. The van der Waals surface area contributed by atoms with Gasteiger partial charge in [-0.2, -0.15) is 0 Å². The molecule has 0 N–H and O–H groups in total. The van der Waals surface area contributed by atoms with E-state index in [1.165, 1.54) is 88.1 Å². The maximum atomic E-state index is 6.97. The van der Waals surface area contributed by atoms with Crippen LogP contribution in [0.5, 0.6) is 11.5 Å². The number of hydrogen-bond acceptors (Lipinski definition) is 1. The van der Waals surface area contributed by atoms with Crippen molar-refractivity contribution in [3.05, 3.63) is 253 Å². The first-order chi connectivity index (χ1) is 31.7. The zero-order valence-electron chi connectivity index (χ0n) is 34.7. The van der Waals surface area contributed by atoms with Crippen molar-refractivity contribution < 1.29 is 4.74 Å². The summed E-state index contributed by atoms with van der Waals surface area (Å²) in [6.45, 7) is 0. The molecule has 10 aromatic carbocycles. The molecule has 64 heavy (non-hydrogen) atoms. The lowest BCUT2D eigenvalue weighted by atomic mass is 9.66. The molecule has 0 amide bonds. The number of para-hydroxylation sites is 4. The van der Waals surface area contributed by atoms with Crippen LogP contribution in [0.15, 0.2) is 231 Å². The molecule has 298 valence electrons. The summed E-state index contributed by atoms with van der Waals surface area (Å²) in [5, 5.41) is 4.96. The van der Waals surface area contributed by atoms with Gasteiger partial charge in [0.25, 0.3) is 0 Å². The van der Waals surface area contributed by atoms with Gasteiger partial charge in [0, 0.05) is 50.1 Å². The zero-order chi connectivity index (χ0) is 41.9. The second kappa shape index (κ2) is 13.3. The van der Waals surface area contributed by atoms with E-state index in [9.17, 15) is 0 Å². The Kier molecular flexibility index (Phi) is 7.32. The van der Waals surface area contributed by atoms with Gasteiger partial charge in [0.1, 0.15) is 11.5 Å². The zero-order valence-corrected chi connectivity index (χ0v) is 34.7. The molecular weight excluding hydrogens is 777 g/mol. The fourth-order valence-electron chi connectivity index (χ4n) is 11.3. The minimum Gasteiger partial charge on any atom is -0.457 e. The summed E-state index contributed by atoms with van der Waals surface area (Å²) in [6, 6.07) is 84.3. The van der Waals surface area contributed by atoms with Crippen LogP contribution in [0.2, 0.25) is 0 Å². The Balaban J connectivity index is 0.943. The molecular formula is C61H38N2O. The lowest BCUT2D eigenvalue weighted by Gasteiger charge is -2.39. The van der Waals surface area contributed by atoms with E-state index in [1.807, 2.05) is 0 Å². The van der Waals surface area contributed by atoms with Crippen molar-refractivity contribution in [3.63, 3.8) is 0 Å². The molecule has 1 aliphatic carbocycles. The Labute approximate surface area is 370 Å². The predicted molar refractivity (Wildman–Crippen MR) is 263 cm³/mol. The molecule has 14 rings (SSSR count). The molecule has 0 bridgehead atoms. The van der Waals surface area contributed by atoms with Crippen molar-refractivity contribution in [3.8, 4) is 56.3 Å². The third kappa shape index (κ3) is 4.81. The maximum Gasteiger partial charge on any atom is 0.134 e. The van der Waals surface area contributed by atoms with Crippen molar-refractivity contribution in [2.24, 2.45) is 0 Å². The highest BCUT2D eigenvalue weighted by molar-refractivity contribution is 6.11. The van der Waals surface area contributed by atoms with E-state index >= 15 is 0 Å². The summed E-state index contributed by atoms with van der Waals surface area (Å²) >= 11 is 0. The van der Waals surface area contributed by atoms with Crippen molar-refractivity contribution in [2.75, 3.05) is 0 Å². The van der Waals surface area contributed by atoms with Crippen molar-refractivity contribution in [2.45, 2.75) is 5.41 Å². The average molecular weight is 815 g/mol. The monoisotopic (exact) mass is 814 g/mol. The van der Waals surface area contributed by atoms with Crippen LogP contribution < -0.4 is 4.74 Å². The van der Waals surface area contributed by atoms with Gasteiger partial charge in [-0.05, 0) is 105 Å². The van der Waals surface area contributed by atoms with Gasteiger partial charge < -0.3 is 13.9 Å². The highest BCUT2D eigenvalue weighted by Crippen LogP contribution is 2.62. The van der Waals surface area contributed by atoms with E-state index in [2.05, 4.69) is 240 Å². The molecule has 3 heteroatoms. The number of rotatable bonds is 4. The van der Waals surface area contributed by atoms with E-state index < -0.39 is 5.41 Å². The van der Waals surface area contributed by atoms with E-state index in [0.29, 0.717) is 0 Å². The molecule has 1 aliphatic heterocycles. The van der Waals surface area contributed by atoms with Gasteiger partial charge in [-0.3, -0.25) is 0 Å². The first-order valence-corrected chi connectivity index (χ1v) is 22.1. The van der Waals surface area contributed by atoms with Crippen LogP contribution in [-0.4, -0.2) is 9.13 Å². The minimum atomic E-state index is -0.570. The number of fused-ring (bicyclic) bond motifs is 15. The Hall–Kier alpha value is -8.40. The largest absolute Gasteiger partial charge is 0.457 e. The number of nitrogens with zero attached hydrogens (tertiary/aromatic N) is 2. The predicted octanol–water partition coefficient (Wildman–Crippen LogP) is 15.7. The Bertz CT molecular complexity index is 3840.